The predicted octanol–water partition coefficient (Wildman–Crippen LogP) is 0.915. The van der Waals surface area contributed by atoms with Crippen LogP contribution in [-0.2, 0) is 9.63 Å². The number of urea groups is 1. The maximum atomic E-state index is 12.5. The van der Waals surface area contributed by atoms with Crippen molar-refractivity contribution in [1.29, 1.82) is 0 Å². The maximum Gasteiger partial charge on any atom is 0.325 e. The minimum Gasteiger partial charge on any atom is -0.399 e. The van der Waals surface area contributed by atoms with Crippen molar-refractivity contribution in [3.05, 3.63) is 48.6 Å². The molecule has 1 atom stereocenters. The Kier molecular flexibility index (Phi) is 6.27. The average molecular weight is 344 g/mol. The molecular formula is C17H20N4O4. The first-order valence-corrected chi connectivity index (χ1v) is 7.71. The van der Waals surface area contributed by atoms with Crippen LogP contribution >= 0.6 is 0 Å². The van der Waals surface area contributed by atoms with Crippen LogP contribution in [0.25, 0.3) is 0 Å². The van der Waals surface area contributed by atoms with Gasteiger partial charge in [-0.3, -0.25) is 14.9 Å². The zero-order valence-electron chi connectivity index (χ0n) is 13.9. The van der Waals surface area contributed by atoms with Crippen molar-refractivity contribution in [1.82, 2.24) is 15.5 Å². The largest absolute Gasteiger partial charge is 0.399 e. The van der Waals surface area contributed by atoms with Gasteiger partial charge in [0, 0.05) is 18.5 Å². The second-order valence-electron chi connectivity index (χ2n) is 5.35. The maximum absolute atomic E-state index is 12.5. The normalized spacial score (nSPS) is 17.9. The smallest absolute Gasteiger partial charge is 0.325 e. The molecule has 0 saturated carbocycles. The minimum atomic E-state index is -0.766. The summed E-state index contributed by atoms with van der Waals surface area (Å²) in [4.78, 5) is 42.9. The van der Waals surface area contributed by atoms with Crippen LogP contribution in [0.1, 0.15) is 16.8 Å². The van der Waals surface area contributed by atoms with Crippen molar-refractivity contribution in [3.63, 3.8) is 0 Å². The first kappa shape index (κ1) is 18.2. The molecule has 132 valence electrons. The summed E-state index contributed by atoms with van der Waals surface area (Å²) in [5, 5.41) is 8.76. The van der Waals surface area contributed by atoms with Crippen molar-refractivity contribution in [2.24, 2.45) is 5.16 Å². The quantitative estimate of drug-likeness (QED) is 0.613. The number of likely N-dealkylation sites (tertiary alicyclic amines) is 1. The number of hydrogen-bond acceptors (Lipinski definition) is 5. The lowest BCUT2D eigenvalue weighted by Crippen LogP contribution is -2.50. The standard InChI is InChI=1S/C17H20N4O4/c1-3-9-18-16(23)14-10-13(20-25-2)11-21(14)17(24)19-15(22)12-7-5-4-6-8-12/h3-8,14H,1,9-11H2,2H3,(H,18,23)(H,19,22,24)/t14-/m0/s1. The number of carbonyl (C=O) groups is 3. The number of benzene rings is 1. The summed E-state index contributed by atoms with van der Waals surface area (Å²) < 4.78 is 0. The van der Waals surface area contributed by atoms with Gasteiger partial charge in [-0.1, -0.05) is 29.4 Å². The van der Waals surface area contributed by atoms with Gasteiger partial charge in [-0.2, -0.15) is 0 Å². The Balaban J connectivity index is 2.10. The van der Waals surface area contributed by atoms with E-state index in [4.69, 9.17) is 4.84 Å². The van der Waals surface area contributed by atoms with Gasteiger partial charge in [-0.25, -0.2) is 4.79 Å². The summed E-state index contributed by atoms with van der Waals surface area (Å²) in [6, 6.07) is 6.93. The Morgan fingerprint density at radius 2 is 2.08 bits per heavy atom. The van der Waals surface area contributed by atoms with Gasteiger partial charge in [0.1, 0.15) is 13.2 Å². The molecule has 0 aliphatic carbocycles. The molecule has 2 N–H and O–H groups in total. The van der Waals surface area contributed by atoms with Crippen LogP contribution in [-0.4, -0.2) is 54.7 Å². The summed E-state index contributed by atoms with van der Waals surface area (Å²) in [7, 11) is 1.39. The second-order valence-corrected chi connectivity index (χ2v) is 5.35. The molecule has 0 radical (unpaired) electrons. The Hall–Kier alpha value is -3.16. The number of nitrogens with one attached hydrogen (secondary N) is 2. The number of carbonyl (C=O) groups excluding carboxylic acids is 3. The van der Waals surface area contributed by atoms with Gasteiger partial charge in [0.15, 0.2) is 0 Å². The highest BCUT2D eigenvalue weighted by Gasteiger charge is 2.38. The zero-order valence-corrected chi connectivity index (χ0v) is 13.9. The van der Waals surface area contributed by atoms with Gasteiger partial charge < -0.3 is 15.1 Å². The molecule has 0 spiro atoms. The molecule has 25 heavy (non-hydrogen) atoms. The van der Waals surface area contributed by atoms with Gasteiger partial charge in [0.05, 0.1) is 12.3 Å². The molecule has 1 saturated heterocycles. The minimum absolute atomic E-state index is 0.105. The molecule has 4 amide bonds. The van der Waals surface area contributed by atoms with E-state index in [-0.39, 0.29) is 25.4 Å². The van der Waals surface area contributed by atoms with Crippen molar-refractivity contribution in [3.8, 4) is 0 Å². The highest BCUT2D eigenvalue weighted by Crippen LogP contribution is 2.16. The Bertz CT molecular complexity index is 687. The van der Waals surface area contributed by atoms with Crippen molar-refractivity contribution in [2.45, 2.75) is 12.5 Å². The van der Waals surface area contributed by atoms with Crippen LogP contribution in [0.15, 0.2) is 48.1 Å². The number of hydrogen-bond donors (Lipinski definition) is 2. The van der Waals surface area contributed by atoms with Crippen molar-refractivity contribution in [2.75, 3.05) is 20.2 Å². The van der Waals surface area contributed by atoms with E-state index in [0.29, 0.717) is 11.3 Å². The molecule has 0 bridgehead atoms. The fraction of sp³-hybridized carbons (Fsp3) is 0.294. The topological polar surface area (TPSA) is 100 Å². The first-order chi connectivity index (χ1) is 12.1. The second kappa shape index (κ2) is 8.62. The Labute approximate surface area is 145 Å². The predicted molar refractivity (Wildman–Crippen MR) is 92.1 cm³/mol. The van der Waals surface area contributed by atoms with E-state index in [9.17, 15) is 14.4 Å². The first-order valence-electron chi connectivity index (χ1n) is 7.71. The van der Waals surface area contributed by atoms with Crippen LogP contribution in [0.3, 0.4) is 0 Å². The van der Waals surface area contributed by atoms with E-state index < -0.39 is 18.0 Å². The molecule has 1 aliphatic heterocycles. The molecular weight excluding hydrogens is 324 g/mol. The Morgan fingerprint density at radius 3 is 2.72 bits per heavy atom. The van der Waals surface area contributed by atoms with Gasteiger partial charge in [-0.15, -0.1) is 6.58 Å². The van der Waals surface area contributed by atoms with E-state index in [1.54, 1.807) is 36.4 Å². The number of amides is 4. The molecule has 1 aromatic rings. The summed E-state index contributed by atoms with van der Waals surface area (Å²) in [5.74, 6) is -0.878. The molecule has 0 aromatic heterocycles. The lowest BCUT2D eigenvalue weighted by Gasteiger charge is -2.23. The molecule has 1 aromatic carbocycles. The molecule has 8 nitrogen and oxygen atoms in total. The summed E-state index contributed by atoms with van der Waals surface area (Å²) >= 11 is 0. The third-order valence-corrected chi connectivity index (χ3v) is 3.62. The van der Waals surface area contributed by atoms with Crippen molar-refractivity contribution < 1.29 is 19.2 Å². The number of imide groups is 1. The molecule has 0 unspecified atom stereocenters. The van der Waals surface area contributed by atoms with Gasteiger partial charge in [-0.05, 0) is 12.1 Å². The summed E-state index contributed by atoms with van der Waals surface area (Å²) in [6.45, 7) is 3.92. The fourth-order valence-electron chi connectivity index (χ4n) is 2.47. The van der Waals surface area contributed by atoms with E-state index >= 15 is 0 Å². The van der Waals surface area contributed by atoms with Crippen LogP contribution in [0.5, 0.6) is 0 Å². The van der Waals surface area contributed by atoms with E-state index in [2.05, 4.69) is 22.4 Å². The van der Waals surface area contributed by atoms with Crippen LogP contribution in [0.2, 0.25) is 0 Å². The monoisotopic (exact) mass is 344 g/mol. The number of rotatable bonds is 5. The van der Waals surface area contributed by atoms with Crippen molar-refractivity contribution >= 4 is 23.6 Å². The highest BCUT2D eigenvalue weighted by atomic mass is 16.6. The lowest BCUT2D eigenvalue weighted by molar-refractivity contribution is -0.124. The highest BCUT2D eigenvalue weighted by molar-refractivity contribution is 6.07. The van der Waals surface area contributed by atoms with Crippen LogP contribution in [0.4, 0.5) is 4.79 Å². The molecule has 1 fully saturated rings. The fourth-order valence-corrected chi connectivity index (χ4v) is 2.47. The van der Waals surface area contributed by atoms with E-state index in [1.165, 1.54) is 12.0 Å². The average Bonchev–Trinajstić information content (AvgIpc) is 3.05. The number of oxime groups is 1. The number of nitrogens with zero attached hydrogens (tertiary/aromatic N) is 2. The molecule has 1 aliphatic rings. The van der Waals surface area contributed by atoms with E-state index in [0.717, 1.165) is 0 Å². The van der Waals surface area contributed by atoms with Crippen LogP contribution in [0, 0.1) is 0 Å². The summed E-state index contributed by atoms with van der Waals surface area (Å²) in [5.41, 5.74) is 0.900. The summed E-state index contributed by atoms with van der Waals surface area (Å²) in [6.07, 6.45) is 1.78. The third-order valence-electron chi connectivity index (χ3n) is 3.62. The van der Waals surface area contributed by atoms with Crippen LogP contribution < -0.4 is 10.6 Å². The van der Waals surface area contributed by atoms with Gasteiger partial charge in [0.25, 0.3) is 5.91 Å². The van der Waals surface area contributed by atoms with Gasteiger partial charge in [0.2, 0.25) is 5.91 Å². The zero-order chi connectivity index (χ0) is 18.2. The lowest BCUT2D eigenvalue weighted by atomic mass is 10.2. The Morgan fingerprint density at radius 1 is 1.36 bits per heavy atom. The van der Waals surface area contributed by atoms with E-state index in [1.807, 2.05) is 0 Å². The molecule has 1 heterocycles. The molecule has 8 heteroatoms. The SMILES string of the molecule is C=CCNC(=O)[C@@H]1CC(=NOC)CN1C(=O)NC(=O)c1ccccc1. The molecule has 2 rings (SSSR count). The van der Waals surface area contributed by atoms with Gasteiger partial charge >= 0.3 is 6.03 Å². The third kappa shape index (κ3) is 4.66.